The first-order chi connectivity index (χ1) is 12.6. The molecule has 4 N–H and O–H groups in total. The molecule has 0 saturated carbocycles. The molecule has 0 amide bonds. The summed E-state index contributed by atoms with van der Waals surface area (Å²) in [5.74, 6) is 7.06. The molecule has 3 rings (SSSR count). The van der Waals surface area contributed by atoms with E-state index in [0.717, 1.165) is 19.3 Å². The van der Waals surface area contributed by atoms with Crippen molar-refractivity contribution >= 4 is 28.7 Å². The van der Waals surface area contributed by atoms with Gasteiger partial charge < -0.3 is 20.7 Å². The largest absolute Gasteiger partial charge is 0.387 e. The number of aliphatic hydroxyl groups excluding tert-OH is 2. The van der Waals surface area contributed by atoms with Crippen molar-refractivity contribution in [2.45, 2.75) is 50.7 Å². The third kappa shape index (κ3) is 3.64. The standard InChI is InChI=1S/C17H23N5O3S/c1-3-4-5-6-7-11-20-15(18)12-16(21-11)22(9-19-12)17-14(24)13(23)10(25-17)8-26-2/h9-10,13-14,17,23-24H,3-5,8H2,1-2H3,(H2,18,20,21)/t10-,13+,14?,17-/m1/s1. The van der Waals surface area contributed by atoms with Crippen LogP contribution in [0.1, 0.15) is 38.2 Å². The second-order valence-electron chi connectivity index (χ2n) is 6.16. The van der Waals surface area contributed by atoms with Gasteiger partial charge in [0.05, 0.1) is 12.4 Å². The predicted octanol–water partition coefficient (Wildman–Crippen LogP) is 0.932. The van der Waals surface area contributed by atoms with Crippen molar-refractivity contribution in [2.24, 2.45) is 0 Å². The lowest BCUT2D eigenvalue weighted by Crippen LogP contribution is -2.32. The highest BCUT2D eigenvalue weighted by Gasteiger charge is 2.44. The second kappa shape index (κ2) is 8.22. The van der Waals surface area contributed by atoms with Crippen LogP contribution in [-0.4, -0.2) is 60.1 Å². The number of nitrogen functional groups attached to an aromatic ring is 1. The molecule has 0 aliphatic carbocycles. The van der Waals surface area contributed by atoms with Gasteiger partial charge in [0, 0.05) is 12.2 Å². The van der Waals surface area contributed by atoms with Crippen LogP contribution >= 0.6 is 11.8 Å². The first kappa shape index (κ1) is 18.9. The Balaban J connectivity index is 1.94. The molecular formula is C17H23N5O3S. The monoisotopic (exact) mass is 377 g/mol. The van der Waals surface area contributed by atoms with Crippen LogP contribution < -0.4 is 5.73 Å². The number of nitrogens with zero attached hydrogens (tertiary/aromatic N) is 4. The Kier molecular flexibility index (Phi) is 5.98. The topological polar surface area (TPSA) is 119 Å². The molecule has 0 bridgehead atoms. The molecule has 1 aliphatic heterocycles. The van der Waals surface area contributed by atoms with Gasteiger partial charge in [-0.25, -0.2) is 15.0 Å². The molecule has 26 heavy (non-hydrogen) atoms. The maximum atomic E-state index is 10.4. The third-order valence-electron chi connectivity index (χ3n) is 4.25. The maximum absolute atomic E-state index is 10.4. The lowest BCUT2D eigenvalue weighted by Gasteiger charge is -2.16. The van der Waals surface area contributed by atoms with E-state index in [9.17, 15) is 10.2 Å². The number of rotatable bonds is 5. The summed E-state index contributed by atoms with van der Waals surface area (Å²) in [6.45, 7) is 2.10. The Morgan fingerprint density at radius 3 is 2.88 bits per heavy atom. The van der Waals surface area contributed by atoms with Crippen molar-refractivity contribution in [3.63, 3.8) is 0 Å². The van der Waals surface area contributed by atoms with Crippen LogP contribution in [0.15, 0.2) is 6.33 Å². The number of hydrogen-bond acceptors (Lipinski definition) is 8. The normalized spacial score (nSPS) is 25.4. The van der Waals surface area contributed by atoms with E-state index in [-0.39, 0.29) is 5.82 Å². The zero-order valence-corrected chi connectivity index (χ0v) is 15.6. The molecule has 2 aromatic rings. The number of aromatic nitrogens is 4. The van der Waals surface area contributed by atoms with Gasteiger partial charge >= 0.3 is 0 Å². The molecule has 1 saturated heterocycles. The summed E-state index contributed by atoms with van der Waals surface area (Å²) in [4.78, 5) is 12.8. The summed E-state index contributed by atoms with van der Waals surface area (Å²) in [5, 5.41) is 20.6. The van der Waals surface area contributed by atoms with Gasteiger partial charge in [0.2, 0.25) is 5.82 Å². The Labute approximate surface area is 156 Å². The van der Waals surface area contributed by atoms with Crippen LogP contribution in [0, 0.1) is 11.8 Å². The van der Waals surface area contributed by atoms with E-state index in [2.05, 4.69) is 33.7 Å². The van der Waals surface area contributed by atoms with Gasteiger partial charge in [0.1, 0.15) is 17.7 Å². The Morgan fingerprint density at radius 2 is 2.15 bits per heavy atom. The minimum absolute atomic E-state index is 0.224. The number of anilines is 1. The summed E-state index contributed by atoms with van der Waals surface area (Å²) in [5.41, 5.74) is 6.83. The second-order valence-corrected chi connectivity index (χ2v) is 7.07. The summed E-state index contributed by atoms with van der Waals surface area (Å²) < 4.78 is 7.42. The predicted molar refractivity (Wildman–Crippen MR) is 100 cm³/mol. The number of ether oxygens (including phenoxy) is 1. The van der Waals surface area contributed by atoms with E-state index in [0.29, 0.717) is 22.7 Å². The van der Waals surface area contributed by atoms with Crippen molar-refractivity contribution < 1.29 is 14.9 Å². The van der Waals surface area contributed by atoms with Gasteiger partial charge in [-0.1, -0.05) is 19.3 Å². The zero-order chi connectivity index (χ0) is 18.7. The molecule has 8 nitrogen and oxygen atoms in total. The molecule has 0 aromatic carbocycles. The van der Waals surface area contributed by atoms with Crippen molar-refractivity contribution in [1.82, 2.24) is 19.5 Å². The summed E-state index contributed by atoms with van der Waals surface area (Å²) in [7, 11) is 0. The zero-order valence-electron chi connectivity index (χ0n) is 14.8. The van der Waals surface area contributed by atoms with E-state index < -0.39 is 24.5 Å². The Bertz CT molecular complexity index is 831. The maximum Gasteiger partial charge on any atom is 0.208 e. The molecule has 1 unspecified atom stereocenters. The first-order valence-electron chi connectivity index (χ1n) is 8.56. The van der Waals surface area contributed by atoms with Gasteiger partial charge in [-0.2, -0.15) is 11.8 Å². The van der Waals surface area contributed by atoms with Crippen LogP contribution in [-0.2, 0) is 4.74 Å². The van der Waals surface area contributed by atoms with Crippen molar-refractivity contribution in [3.8, 4) is 11.8 Å². The van der Waals surface area contributed by atoms with Gasteiger partial charge in [-0.15, -0.1) is 0 Å². The lowest BCUT2D eigenvalue weighted by molar-refractivity contribution is -0.0288. The van der Waals surface area contributed by atoms with Gasteiger partial charge in [-0.05, 0) is 18.6 Å². The Hall–Kier alpha value is -1.86. The van der Waals surface area contributed by atoms with Crippen LogP contribution in [0.2, 0.25) is 0 Å². The lowest BCUT2D eigenvalue weighted by atomic mass is 10.1. The third-order valence-corrected chi connectivity index (χ3v) is 4.91. The summed E-state index contributed by atoms with van der Waals surface area (Å²) >= 11 is 1.54. The molecule has 0 spiro atoms. The summed E-state index contributed by atoms with van der Waals surface area (Å²) in [6, 6.07) is 0. The van der Waals surface area contributed by atoms with E-state index in [1.54, 1.807) is 16.3 Å². The number of thioether (sulfide) groups is 1. The van der Waals surface area contributed by atoms with Crippen LogP contribution in [0.4, 0.5) is 5.82 Å². The SMILES string of the molecule is CCCCC#Cc1nc(N)c2ncn([C@@H]3O[C@H](CSC)[C@H](O)C3O)c2n1. The molecule has 0 radical (unpaired) electrons. The molecule has 140 valence electrons. The molecule has 9 heteroatoms. The fourth-order valence-corrected chi connectivity index (χ4v) is 3.45. The summed E-state index contributed by atoms with van der Waals surface area (Å²) in [6.07, 6.45) is 2.95. The number of nitrogens with two attached hydrogens (primary N) is 1. The van der Waals surface area contributed by atoms with E-state index in [1.165, 1.54) is 6.33 Å². The first-order valence-corrected chi connectivity index (χ1v) is 9.95. The smallest absolute Gasteiger partial charge is 0.208 e. The van der Waals surface area contributed by atoms with Gasteiger partial charge in [0.25, 0.3) is 0 Å². The van der Waals surface area contributed by atoms with Crippen LogP contribution in [0.3, 0.4) is 0 Å². The fourth-order valence-electron chi connectivity index (χ4n) is 2.85. The highest BCUT2D eigenvalue weighted by Crippen LogP contribution is 2.33. The quantitative estimate of drug-likeness (QED) is 0.520. The Morgan fingerprint density at radius 1 is 1.35 bits per heavy atom. The fraction of sp³-hybridized carbons (Fsp3) is 0.588. The number of fused-ring (bicyclic) bond motifs is 1. The number of hydrogen-bond donors (Lipinski definition) is 3. The molecule has 1 fully saturated rings. The van der Waals surface area contributed by atoms with Crippen LogP contribution in [0.25, 0.3) is 11.2 Å². The molecule has 1 aliphatic rings. The minimum Gasteiger partial charge on any atom is -0.387 e. The van der Waals surface area contributed by atoms with E-state index >= 15 is 0 Å². The molecule has 4 atom stereocenters. The number of imidazole rings is 1. The van der Waals surface area contributed by atoms with E-state index in [4.69, 9.17) is 10.5 Å². The van der Waals surface area contributed by atoms with Crippen LogP contribution in [0.5, 0.6) is 0 Å². The highest BCUT2D eigenvalue weighted by molar-refractivity contribution is 7.98. The van der Waals surface area contributed by atoms with Crippen molar-refractivity contribution in [2.75, 3.05) is 17.7 Å². The molecule has 2 aromatic heterocycles. The molecular weight excluding hydrogens is 354 g/mol. The highest BCUT2D eigenvalue weighted by atomic mass is 32.2. The van der Waals surface area contributed by atoms with E-state index in [1.807, 2.05) is 6.26 Å². The van der Waals surface area contributed by atoms with Crippen molar-refractivity contribution in [1.29, 1.82) is 0 Å². The van der Waals surface area contributed by atoms with Crippen molar-refractivity contribution in [3.05, 3.63) is 12.2 Å². The number of unbranched alkanes of at least 4 members (excludes halogenated alkanes) is 2. The minimum atomic E-state index is -1.08. The average Bonchev–Trinajstić information content (AvgIpc) is 3.16. The molecule has 3 heterocycles. The van der Waals surface area contributed by atoms with Gasteiger partial charge in [0.15, 0.2) is 17.7 Å². The number of aliphatic hydroxyl groups is 2. The van der Waals surface area contributed by atoms with Gasteiger partial charge in [-0.3, -0.25) is 4.57 Å². The average molecular weight is 377 g/mol.